The van der Waals surface area contributed by atoms with Crippen LogP contribution >= 0.6 is 11.6 Å². The zero-order chi connectivity index (χ0) is 23.2. The molecule has 33 heavy (non-hydrogen) atoms. The van der Waals surface area contributed by atoms with Gasteiger partial charge in [0.2, 0.25) is 0 Å². The summed E-state index contributed by atoms with van der Waals surface area (Å²) in [6.45, 7) is 5.47. The highest BCUT2D eigenvalue weighted by Crippen LogP contribution is 2.62. The van der Waals surface area contributed by atoms with Gasteiger partial charge in [-0.2, -0.15) is 0 Å². The summed E-state index contributed by atoms with van der Waals surface area (Å²) in [5, 5.41) is 17.7. The van der Waals surface area contributed by atoms with Gasteiger partial charge in [0.15, 0.2) is 11.7 Å². The molecular weight excluding hydrogens is 438 g/mol. The summed E-state index contributed by atoms with van der Waals surface area (Å²) in [6.07, 6.45) is 3.16. The van der Waals surface area contributed by atoms with Crippen molar-refractivity contribution >= 4 is 34.5 Å². The fourth-order valence-electron chi connectivity index (χ4n) is 5.71. The van der Waals surface area contributed by atoms with Crippen molar-refractivity contribution in [1.29, 1.82) is 0 Å². The molecule has 1 aliphatic heterocycles. The van der Waals surface area contributed by atoms with E-state index in [2.05, 4.69) is 5.32 Å². The first-order valence-corrected chi connectivity index (χ1v) is 11.5. The molecule has 1 heterocycles. The third-order valence-electron chi connectivity index (χ3n) is 6.84. The Morgan fingerprint density at radius 2 is 1.94 bits per heavy atom. The molecule has 6 heteroatoms. The number of rotatable bonds is 1. The van der Waals surface area contributed by atoms with Crippen molar-refractivity contribution in [3.63, 3.8) is 0 Å². The Labute approximate surface area is 197 Å². The number of ether oxygens (including phenoxy) is 2. The SMILES string of the molecule is CC(C)(C)OC(=O)N[C@]12CC=Cc3cccc(c31)[C@]1(O)c3ccc4cccc(Cl)c4c3OC12. The van der Waals surface area contributed by atoms with E-state index < -0.39 is 28.9 Å². The summed E-state index contributed by atoms with van der Waals surface area (Å²) < 4.78 is 12.2. The van der Waals surface area contributed by atoms with E-state index in [0.717, 1.165) is 27.5 Å². The lowest BCUT2D eigenvalue weighted by Gasteiger charge is -2.39. The number of benzene rings is 3. The van der Waals surface area contributed by atoms with Crippen molar-refractivity contribution in [2.45, 2.75) is 50.0 Å². The van der Waals surface area contributed by atoms with E-state index in [1.807, 2.05) is 81.5 Å². The molecule has 3 atom stereocenters. The first-order valence-electron chi connectivity index (χ1n) is 11.1. The lowest BCUT2D eigenvalue weighted by atomic mass is 9.79. The van der Waals surface area contributed by atoms with Crippen molar-refractivity contribution in [3.05, 3.63) is 81.9 Å². The number of halogens is 1. The third kappa shape index (κ3) is 2.66. The molecule has 0 aromatic heterocycles. The maximum absolute atomic E-state index is 13.0. The van der Waals surface area contributed by atoms with Crippen LogP contribution < -0.4 is 10.1 Å². The Bertz CT molecular complexity index is 1370. The van der Waals surface area contributed by atoms with Gasteiger partial charge in [-0.15, -0.1) is 0 Å². The van der Waals surface area contributed by atoms with E-state index in [1.54, 1.807) is 0 Å². The molecule has 3 aliphatic rings. The summed E-state index contributed by atoms with van der Waals surface area (Å²) in [4.78, 5) is 13.0. The highest BCUT2D eigenvalue weighted by Gasteiger charge is 2.67. The number of hydrogen-bond donors (Lipinski definition) is 2. The van der Waals surface area contributed by atoms with Crippen molar-refractivity contribution < 1.29 is 19.4 Å². The van der Waals surface area contributed by atoms with Crippen molar-refractivity contribution in [2.24, 2.45) is 0 Å². The second-order valence-electron chi connectivity index (χ2n) is 10.0. The number of fused-ring (bicyclic) bond motifs is 7. The van der Waals surface area contributed by atoms with Gasteiger partial charge in [0.25, 0.3) is 0 Å². The van der Waals surface area contributed by atoms with Crippen LogP contribution in [-0.4, -0.2) is 22.9 Å². The molecule has 0 radical (unpaired) electrons. The van der Waals surface area contributed by atoms with Crippen LogP contribution in [0.25, 0.3) is 16.8 Å². The number of nitrogens with one attached hydrogen (secondary N) is 1. The van der Waals surface area contributed by atoms with E-state index in [1.165, 1.54) is 0 Å². The molecule has 3 aromatic carbocycles. The number of amides is 1. The molecule has 2 N–H and O–H groups in total. The fourth-order valence-corrected chi connectivity index (χ4v) is 5.98. The van der Waals surface area contributed by atoms with E-state index in [4.69, 9.17) is 21.1 Å². The quantitative estimate of drug-likeness (QED) is 0.492. The smallest absolute Gasteiger partial charge is 0.408 e. The highest BCUT2D eigenvalue weighted by molar-refractivity contribution is 6.36. The third-order valence-corrected chi connectivity index (χ3v) is 7.15. The number of alkyl carbamates (subject to hydrolysis) is 1. The minimum absolute atomic E-state index is 0.461. The zero-order valence-electron chi connectivity index (χ0n) is 18.6. The van der Waals surface area contributed by atoms with Gasteiger partial charge < -0.3 is 19.9 Å². The van der Waals surface area contributed by atoms with Gasteiger partial charge in [-0.3, -0.25) is 0 Å². The van der Waals surface area contributed by atoms with Crippen molar-refractivity contribution in [3.8, 4) is 5.75 Å². The van der Waals surface area contributed by atoms with Crippen LogP contribution in [0.2, 0.25) is 5.02 Å². The Balaban J connectivity index is 1.59. The molecule has 1 unspecified atom stereocenters. The van der Waals surface area contributed by atoms with Crippen LogP contribution in [0.3, 0.4) is 0 Å². The average molecular weight is 462 g/mol. The second kappa shape index (κ2) is 6.52. The Kier molecular flexibility index (Phi) is 4.07. The largest absolute Gasteiger partial charge is 0.483 e. The molecule has 6 rings (SSSR count). The monoisotopic (exact) mass is 461 g/mol. The van der Waals surface area contributed by atoms with E-state index in [0.29, 0.717) is 22.8 Å². The van der Waals surface area contributed by atoms with Crippen molar-refractivity contribution in [2.75, 3.05) is 0 Å². The van der Waals surface area contributed by atoms with Gasteiger partial charge >= 0.3 is 6.09 Å². The molecule has 1 amide bonds. The van der Waals surface area contributed by atoms with Crippen molar-refractivity contribution in [1.82, 2.24) is 5.32 Å². The van der Waals surface area contributed by atoms with Gasteiger partial charge in [-0.25, -0.2) is 4.79 Å². The van der Waals surface area contributed by atoms with Crippen LogP contribution in [-0.2, 0) is 15.9 Å². The molecule has 5 nitrogen and oxygen atoms in total. The highest BCUT2D eigenvalue weighted by atomic mass is 35.5. The summed E-state index contributed by atoms with van der Waals surface area (Å²) in [7, 11) is 0. The Hall–Kier alpha value is -3.02. The predicted molar refractivity (Wildman–Crippen MR) is 128 cm³/mol. The van der Waals surface area contributed by atoms with Crippen LogP contribution in [0.4, 0.5) is 4.79 Å². The first-order chi connectivity index (χ1) is 15.6. The van der Waals surface area contributed by atoms with Crippen LogP contribution in [0.5, 0.6) is 5.75 Å². The van der Waals surface area contributed by atoms with Gasteiger partial charge in [0.05, 0.1) is 5.02 Å². The summed E-state index contributed by atoms with van der Waals surface area (Å²) in [5.74, 6) is 0.557. The van der Waals surface area contributed by atoms with Gasteiger partial charge in [-0.05, 0) is 55.3 Å². The molecule has 2 aliphatic carbocycles. The molecule has 168 valence electrons. The van der Waals surface area contributed by atoms with Crippen LogP contribution in [0.15, 0.2) is 54.6 Å². The number of hydrogen-bond acceptors (Lipinski definition) is 4. The van der Waals surface area contributed by atoms with Gasteiger partial charge in [0, 0.05) is 10.9 Å². The molecule has 0 saturated carbocycles. The second-order valence-corrected chi connectivity index (χ2v) is 10.4. The topological polar surface area (TPSA) is 67.8 Å². The maximum Gasteiger partial charge on any atom is 0.408 e. The maximum atomic E-state index is 13.0. The number of carbonyl (C=O) groups is 1. The Morgan fingerprint density at radius 3 is 2.73 bits per heavy atom. The average Bonchev–Trinajstić information content (AvgIpc) is 3.16. The molecule has 0 spiro atoms. The van der Waals surface area contributed by atoms with E-state index >= 15 is 0 Å². The molecule has 0 fully saturated rings. The molecule has 3 aromatic rings. The number of carbonyl (C=O) groups excluding carboxylic acids is 1. The fraction of sp³-hybridized carbons (Fsp3) is 0.296. The lowest BCUT2D eigenvalue weighted by Crippen LogP contribution is -2.58. The summed E-state index contributed by atoms with van der Waals surface area (Å²) in [5.41, 5.74) is 0.0969. The predicted octanol–water partition coefficient (Wildman–Crippen LogP) is 5.64. The van der Waals surface area contributed by atoms with Crippen LogP contribution in [0, 0.1) is 0 Å². The van der Waals surface area contributed by atoms with Gasteiger partial charge in [0.1, 0.15) is 16.9 Å². The first kappa shape index (κ1) is 20.6. The standard InChI is InChI=1S/C27H24ClNO4/c1-25(2,3)33-24(30)29-26-14-6-9-16-8-4-10-17(21(16)26)27(31)18-13-12-15-7-5-11-19(28)20(15)22(18)32-23(26)27/h4-13,23,31H,14H2,1-3H3,(H,29,30)/t23?,26-,27+/m1/s1. The summed E-state index contributed by atoms with van der Waals surface area (Å²) >= 11 is 6.58. The van der Waals surface area contributed by atoms with E-state index in [-0.39, 0.29) is 0 Å². The van der Waals surface area contributed by atoms with E-state index in [9.17, 15) is 9.90 Å². The molecular formula is C27H24ClNO4. The number of aliphatic hydroxyl groups is 1. The van der Waals surface area contributed by atoms with Gasteiger partial charge in [-0.1, -0.05) is 66.2 Å². The normalized spacial score (nSPS) is 26.4. The zero-order valence-corrected chi connectivity index (χ0v) is 19.4. The van der Waals surface area contributed by atoms with Crippen LogP contribution in [0.1, 0.15) is 49.4 Å². The minimum atomic E-state index is -1.45. The Morgan fingerprint density at radius 1 is 1.15 bits per heavy atom. The lowest BCUT2D eigenvalue weighted by molar-refractivity contribution is -0.0401. The molecule has 0 bridgehead atoms. The molecule has 0 saturated heterocycles. The minimum Gasteiger partial charge on any atom is -0.483 e. The summed E-state index contributed by atoms with van der Waals surface area (Å²) in [6, 6.07) is 15.4.